The summed E-state index contributed by atoms with van der Waals surface area (Å²) in [7, 11) is 1.73. The molecule has 0 unspecified atom stereocenters. The van der Waals surface area contributed by atoms with Crippen molar-refractivity contribution in [2.24, 2.45) is 5.41 Å². The average molecular weight is 353 g/mol. The number of aryl methyl sites for hydroxylation is 2. The zero-order chi connectivity index (χ0) is 19.3. The predicted octanol–water partition coefficient (Wildman–Crippen LogP) is 3.36. The molecule has 0 aliphatic heterocycles. The summed E-state index contributed by atoms with van der Waals surface area (Å²) >= 11 is 0. The number of pyridine rings is 1. The molecule has 2 aromatic rings. The van der Waals surface area contributed by atoms with E-state index in [9.17, 15) is 9.59 Å². The first-order valence-electron chi connectivity index (χ1n) is 8.75. The molecule has 2 amide bonds. The van der Waals surface area contributed by atoms with Crippen LogP contribution in [0.2, 0.25) is 0 Å². The Labute approximate surface area is 155 Å². The summed E-state index contributed by atoms with van der Waals surface area (Å²) in [5, 5.41) is 2.89. The summed E-state index contributed by atoms with van der Waals surface area (Å²) in [6.45, 7) is 7.82. The fraction of sp³-hybridized carbons (Fsp3) is 0.381. The van der Waals surface area contributed by atoms with Gasteiger partial charge in [-0.3, -0.25) is 14.6 Å². The quantitative estimate of drug-likeness (QED) is 0.810. The summed E-state index contributed by atoms with van der Waals surface area (Å²) < 4.78 is 0. The third kappa shape index (κ3) is 4.69. The molecule has 1 N–H and O–H groups in total. The van der Waals surface area contributed by atoms with Gasteiger partial charge in [-0.2, -0.15) is 0 Å². The van der Waals surface area contributed by atoms with Gasteiger partial charge in [0.25, 0.3) is 0 Å². The molecule has 26 heavy (non-hydrogen) atoms. The molecule has 5 heteroatoms. The molecular weight excluding hydrogens is 326 g/mol. The lowest BCUT2D eigenvalue weighted by atomic mass is 9.90. The van der Waals surface area contributed by atoms with Crippen LogP contribution in [0, 0.1) is 19.3 Å². The Balaban J connectivity index is 2.02. The van der Waals surface area contributed by atoms with Gasteiger partial charge in [0.15, 0.2) is 0 Å². The van der Waals surface area contributed by atoms with Crippen LogP contribution >= 0.6 is 0 Å². The molecular formula is C21H27N3O2. The Morgan fingerprint density at radius 2 is 1.77 bits per heavy atom. The summed E-state index contributed by atoms with van der Waals surface area (Å²) in [5.41, 5.74) is 2.81. The van der Waals surface area contributed by atoms with Gasteiger partial charge in [0, 0.05) is 31.7 Å². The number of hydrogen-bond acceptors (Lipinski definition) is 3. The van der Waals surface area contributed by atoms with Gasteiger partial charge in [0.2, 0.25) is 11.8 Å². The number of aromatic nitrogens is 1. The lowest BCUT2D eigenvalue weighted by Crippen LogP contribution is -2.46. The van der Waals surface area contributed by atoms with E-state index < -0.39 is 5.41 Å². The van der Waals surface area contributed by atoms with Gasteiger partial charge in [-0.15, -0.1) is 0 Å². The maximum Gasteiger partial charge on any atom is 0.239 e. The third-order valence-corrected chi connectivity index (χ3v) is 4.56. The van der Waals surface area contributed by atoms with Crippen LogP contribution in [-0.2, 0) is 16.0 Å². The largest absolute Gasteiger partial charge is 0.345 e. The van der Waals surface area contributed by atoms with Crippen LogP contribution in [0.1, 0.15) is 30.5 Å². The number of rotatable bonds is 6. The van der Waals surface area contributed by atoms with E-state index in [0.717, 1.165) is 28.8 Å². The van der Waals surface area contributed by atoms with Crippen molar-refractivity contribution in [3.63, 3.8) is 0 Å². The molecule has 138 valence electrons. The number of nitrogens with one attached hydrogen (secondary N) is 1. The Hall–Kier alpha value is -2.69. The molecule has 1 aromatic carbocycles. The number of amides is 2. The molecule has 0 aliphatic carbocycles. The van der Waals surface area contributed by atoms with Gasteiger partial charge in [0.05, 0.1) is 0 Å². The fourth-order valence-corrected chi connectivity index (χ4v) is 2.75. The van der Waals surface area contributed by atoms with Gasteiger partial charge >= 0.3 is 0 Å². The van der Waals surface area contributed by atoms with Crippen molar-refractivity contribution in [2.75, 3.05) is 18.9 Å². The van der Waals surface area contributed by atoms with Crippen molar-refractivity contribution in [2.45, 2.75) is 34.1 Å². The third-order valence-electron chi connectivity index (χ3n) is 4.56. The first-order chi connectivity index (χ1) is 12.2. The number of anilines is 1. The highest BCUT2D eigenvalue weighted by molar-refractivity contribution is 6.10. The molecule has 0 aliphatic rings. The van der Waals surface area contributed by atoms with Crippen LogP contribution in [0.4, 0.5) is 5.69 Å². The minimum atomic E-state index is -1.15. The normalized spacial score (nSPS) is 11.1. The zero-order valence-electron chi connectivity index (χ0n) is 16.2. The molecule has 1 heterocycles. The van der Waals surface area contributed by atoms with E-state index in [1.165, 1.54) is 0 Å². The fourth-order valence-electron chi connectivity index (χ4n) is 2.75. The highest BCUT2D eigenvalue weighted by Crippen LogP contribution is 2.23. The smallest absolute Gasteiger partial charge is 0.239 e. The van der Waals surface area contributed by atoms with Crippen molar-refractivity contribution in [3.8, 4) is 0 Å². The molecule has 0 bridgehead atoms. The molecule has 0 radical (unpaired) electrons. The van der Waals surface area contributed by atoms with Crippen LogP contribution in [-0.4, -0.2) is 35.3 Å². The maximum absolute atomic E-state index is 12.8. The first-order valence-corrected chi connectivity index (χ1v) is 8.75. The van der Waals surface area contributed by atoms with Crippen LogP contribution in [0.5, 0.6) is 0 Å². The Morgan fingerprint density at radius 1 is 1.12 bits per heavy atom. The van der Waals surface area contributed by atoms with Crippen molar-refractivity contribution in [1.82, 2.24) is 9.88 Å². The molecule has 2 rings (SSSR count). The van der Waals surface area contributed by atoms with Crippen molar-refractivity contribution in [1.29, 1.82) is 0 Å². The van der Waals surface area contributed by atoms with E-state index in [-0.39, 0.29) is 11.8 Å². The second-order valence-corrected chi connectivity index (χ2v) is 7.23. The van der Waals surface area contributed by atoms with Gasteiger partial charge in [-0.1, -0.05) is 17.7 Å². The van der Waals surface area contributed by atoms with E-state index >= 15 is 0 Å². The molecule has 0 saturated heterocycles. The first kappa shape index (κ1) is 19.6. The second kappa shape index (κ2) is 8.13. The average Bonchev–Trinajstić information content (AvgIpc) is 2.62. The standard InChI is InChI=1S/C21H27N3O2/c1-15-6-7-18(16(2)14-15)23-19(25)21(3,4)20(26)24(5)13-10-17-8-11-22-12-9-17/h6-9,11-12,14H,10,13H2,1-5H3,(H,23,25). The molecule has 0 atom stereocenters. The Kier molecular flexibility index (Phi) is 6.14. The van der Waals surface area contributed by atoms with Crippen LogP contribution in [0.3, 0.4) is 0 Å². The van der Waals surface area contributed by atoms with E-state index in [2.05, 4.69) is 10.3 Å². The monoisotopic (exact) mass is 353 g/mol. The summed E-state index contributed by atoms with van der Waals surface area (Å²) in [4.78, 5) is 31.1. The van der Waals surface area contributed by atoms with Crippen molar-refractivity contribution < 1.29 is 9.59 Å². The molecule has 0 spiro atoms. The minimum Gasteiger partial charge on any atom is -0.345 e. The maximum atomic E-state index is 12.8. The number of hydrogen-bond donors (Lipinski definition) is 1. The summed E-state index contributed by atoms with van der Waals surface area (Å²) in [6, 6.07) is 9.67. The highest BCUT2D eigenvalue weighted by atomic mass is 16.2. The Morgan fingerprint density at radius 3 is 2.38 bits per heavy atom. The Bertz CT molecular complexity index is 785. The van der Waals surface area contributed by atoms with Gasteiger partial charge in [-0.25, -0.2) is 0 Å². The van der Waals surface area contributed by atoms with Crippen molar-refractivity contribution >= 4 is 17.5 Å². The summed E-state index contributed by atoms with van der Waals surface area (Å²) in [5.74, 6) is -0.501. The molecule has 0 fully saturated rings. The van der Waals surface area contributed by atoms with Crippen LogP contribution in [0.15, 0.2) is 42.7 Å². The van der Waals surface area contributed by atoms with E-state index in [1.807, 2.05) is 44.2 Å². The number of carbonyl (C=O) groups is 2. The lowest BCUT2D eigenvalue weighted by molar-refractivity contribution is -0.145. The minimum absolute atomic E-state index is 0.200. The van der Waals surface area contributed by atoms with E-state index in [1.54, 1.807) is 38.2 Å². The number of benzene rings is 1. The molecule has 5 nitrogen and oxygen atoms in total. The van der Waals surface area contributed by atoms with E-state index in [4.69, 9.17) is 0 Å². The second-order valence-electron chi connectivity index (χ2n) is 7.23. The van der Waals surface area contributed by atoms with Gasteiger partial charge in [-0.05, 0) is 63.4 Å². The lowest BCUT2D eigenvalue weighted by Gasteiger charge is -2.28. The number of likely N-dealkylation sites (N-methyl/N-ethyl adjacent to an activating group) is 1. The molecule has 1 aromatic heterocycles. The molecule has 0 saturated carbocycles. The predicted molar refractivity (Wildman–Crippen MR) is 104 cm³/mol. The van der Waals surface area contributed by atoms with Crippen LogP contribution < -0.4 is 5.32 Å². The van der Waals surface area contributed by atoms with Crippen LogP contribution in [0.25, 0.3) is 0 Å². The van der Waals surface area contributed by atoms with E-state index in [0.29, 0.717) is 6.54 Å². The topological polar surface area (TPSA) is 62.3 Å². The van der Waals surface area contributed by atoms with Gasteiger partial charge in [0.1, 0.15) is 5.41 Å². The SMILES string of the molecule is Cc1ccc(NC(=O)C(C)(C)C(=O)N(C)CCc2ccncc2)c(C)c1. The number of carbonyl (C=O) groups excluding carboxylic acids is 2. The van der Waals surface area contributed by atoms with Gasteiger partial charge < -0.3 is 10.2 Å². The zero-order valence-corrected chi connectivity index (χ0v) is 16.2. The number of nitrogens with zero attached hydrogens (tertiary/aromatic N) is 2. The highest BCUT2D eigenvalue weighted by Gasteiger charge is 2.38. The summed E-state index contributed by atoms with van der Waals surface area (Å²) in [6.07, 6.45) is 4.19. The van der Waals surface area contributed by atoms with Crippen molar-refractivity contribution in [3.05, 3.63) is 59.4 Å².